The molecule has 0 bridgehead atoms. The van der Waals surface area contributed by atoms with E-state index >= 15 is 0 Å². The van der Waals surface area contributed by atoms with Gasteiger partial charge in [0.25, 0.3) is 5.91 Å². The summed E-state index contributed by atoms with van der Waals surface area (Å²) in [5.41, 5.74) is 4.31. The van der Waals surface area contributed by atoms with Gasteiger partial charge >= 0.3 is 12.2 Å². The number of nitrogens with one attached hydrogen (secondary N) is 4. The lowest BCUT2D eigenvalue weighted by atomic mass is 9.98. The van der Waals surface area contributed by atoms with Crippen molar-refractivity contribution in [1.29, 1.82) is 0 Å². The predicted molar refractivity (Wildman–Crippen MR) is 198 cm³/mol. The first-order valence-electron chi connectivity index (χ1n) is 17.8. The molecule has 0 radical (unpaired) electrons. The van der Waals surface area contributed by atoms with Crippen LogP contribution >= 0.6 is 0 Å². The molecule has 4 unspecified atom stereocenters. The number of aromatic nitrogens is 2. The number of fused-ring (bicyclic) bond motifs is 1. The quantitative estimate of drug-likeness (QED) is 0.181. The molecule has 0 saturated carbocycles. The van der Waals surface area contributed by atoms with Crippen molar-refractivity contribution < 1.29 is 33.4 Å². The highest BCUT2D eigenvalue weighted by Gasteiger charge is 2.35. The van der Waals surface area contributed by atoms with Crippen LogP contribution in [0.2, 0.25) is 0 Å². The Morgan fingerprint density at radius 2 is 1.34 bits per heavy atom. The molecule has 2 fully saturated rings. The highest BCUT2D eigenvalue weighted by Crippen LogP contribution is 2.33. The first-order chi connectivity index (χ1) is 25.6. The van der Waals surface area contributed by atoms with Crippen LogP contribution in [0.3, 0.4) is 0 Å². The highest BCUT2D eigenvalue weighted by atomic mass is 16.5. The molecule has 0 spiro atoms. The smallest absolute Gasteiger partial charge is 0.407 e. The summed E-state index contributed by atoms with van der Waals surface area (Å²) in [6, 6.07) is 18.0. The topological polar surface area (TPSA) is 175 Å². The molecule has 14 nitrogen and oxygen atoms in total. The van der Waals surface area contributed by atoms with E-state index < -0.39 is 24.3 Å². The number of rotatable bonds is 10. The maximum absolute atomic E-state index is 13.1. The zero-order valence-electron chi connectivity index (χ0n) is 30.3. The zero-order chi connectivity index (χ0) is 37.6. The molecule has 4 aromatic rings. The monoisotopic (exact) mass is 723 g/mol. The molecule has 2 saturated heterocycles. The minimum Gasteiger partial charge on any atom is -0.453 e. The van der Waals surface area contributed by atoms with Crippen LogP contribution in [0.5, 0.6) is 0 Å². The Labute approximate surface area is 307 Å². The number of imidazole rings is 1. The molecular formula is C39H45N7O7. The minimum absolute atomic E-state index is 0.151. The fourth-order valence-corrected chi connectivity index (χ4v) is 7.12. The van der Waals surface area contributed by atoms with Gasteiger partial charge < -0.3 is 40.2 Å². The van der Waals surface area contributed by atoms with Gasteiger partial charge in [0.15, 0.2) is 0 Å². The van der Waals surface area contributed by atoms with Gasteiger partial charge in [-0.15, -0.1) is 0 Å². The fourth-order valence-electron chi connectivity index (χ4n) is 7.12. The van der Waals surface area contributed by atoms with Crippen molar-refractivity contribution in [3.63, 3.8) is 0 Å². The Kier molecular flexibility index (Phi) is 11.3. The molecule has 3 heterocycles. The van der Waals surface area contributed by atoms with Crippen molar-refractivity contribution in [2.75, 3.05) is 33.9 Å². The van der Waals surface area contributed by atoms with Crippen LogP contribution in [0.4, 0.5) is 9.59 Å². The van der Waals surface area contributed by atoms with Gasteiger partial charge in [-0.25, -0.2) is 14.6 Å². The Bertz CT molecular complexity index is 2000. The van der Waals surface area contributed by atoms with Crippen LogP contribution in [0.25, 0.3) is 33.2 Å². The van der Waals surface area contributed by atoms with Crippen molar-refractivity contribution >= 4 is 40.7 Å². The van der Waals surface area contributed by atoms with Gasteiger partial charge in [-0.3, -0.25) is 14.4 Å². The van der Waals surface area contributed by atoms with Gasteiger partial charge in [-0.1, -0.05) is 36.4 Å². The van der Waals surface area contributed by atoms with E-state index in [1.807, 2.05) is 24.3 Å². The summed E-state index contributed by atoms with van der Waals surface area (Å²) in [6.45, 7) is 4.74. The van der Waals surface area contributed by atoms with E-state index in [1.165, 1.54) is 14.2 Å². The molecule has 5 amide bonds. The number of ether oxygens (including phenoxy) is 2. The summed E-state index contributed by atoms with van der Waals surface area (Å²) < 4.78 is 9.24. The molecule has 4 N–H and O–H groups in total. The number of amides is 5. The maximum Gasteiger partial charge on any atom is 0.407 e. The number of methoxy groups -OCH3 is 2. The number of H-pyrrole nitrogens is 1. The molecule has 0 aliphatic carbocycles. The van der Waals surface area contributed by atoms with Crippen molar-refractivity contribution in [3.8, 4) is 22.4 Å². The zero-order valence-corrected chi connectivity index (χ0v) is 30.3. The first kappa shape index (κ1) is 36.9. The lowest BCUT2D eigenvalue weighted by Crippen LogP contribution is -2.51. The van der Waals surface area contributed by atoms with Gasteiger partial charge in [0.05, 0.1) is 32.2 Å². The molecule has 278 valence electrons. The third-order valence-electron chi connectivity index (χ3n) is 10.0. The van der Waals surface area contributed by atoms with Crippen LogP contribution in [0.1, 0.15) is 61.8 Å². The number of carbonyl (C=O) groups excluding carboxylic acids is 5. The predicted octanol–water partition coefficient (Wildman–Crippen LogP) is 4.77. The standard InChI is InChI=1S/C39H45N7O7/c1-23(42-38(50)52-3)36(48)45-17-5-7-31(45)21-41-35(47)26-11-9-25(10-12-26)27-13-14-29-20-30(16-15-28(29)19-27)32-22-40-34(44-32)33-8-6-18-46(33)37(49)24(2)43-39(51)53-4/h9-16,19-20,22-24,31,33H,5-8,17-18,21H2,1-4H3,(H,40,44)(H,41,47)(H,42,50)(H,43,51). The van der Waals surface area contributed by atoms with E-state index in [2.05, 4.69) is 59.7 Å². The van der Waals surface area contributed by atoms with Crippen molar-refractivity contribution in [1.82, 2.24) is 35.7 Å². The molecule has 4 atom stereocenters. The third kappa shape index (κ3) is 8.27. The van der Waals surface area contributed by atoms with Crippen molar-refractivity contribution in [2.45, 2.75) is 63.7 Å². The molecule has 2 aliphatic rings. The molecule has 2 aliphatic heterocycles. The third-order valence-corrected chi connectivity index (χ3v) is 10.0. The number of hydrogen-bond acceptors (Lipinski definition) is 8. The summed E-state index contributed by atoms with van der Waals surface area (Å²) in [4.78, 5) is 73.7. The Balaban J connectivity index is 1.07. The van der Waals surface area contributed by atoms with Crippen molar-refractivity contribution in [2.24, 2.45) is 0 Å². The Hall–Kier alpha value is -5.92. The van der Waals surface area contributed by atoms with Gasteiger partial charge in [0.2, 0.25) is 11.8 Å². The lowest BCUT2D eigenvalue weighted by molar-refractivity contribution is -0.134. The fraction of sp³-hybridized carbons (Fsp3) is 0.385. The second kappa shape index (κ2) is 16.2. The van der Waals surface area contributed by atoms with E-state index in [4.69, 9.17) is 0 Å². The SMILES string of the molecule is COC(=O)NC(C)C(=O)N1CCCC1CNC(=O)c1ccc(-c2ccc3cc(-c4cnc(C5CCCN5C(=O)C(C)NC(=O)OC)[nH]4)ccc3c2)cc1. The average Bonchev–Trinajstić information content (AvgIpc) is 3.97. The number of hydrogen-bond donors (Lipinski definition) is 4. The molecule has 53 heavy (non-hydrogen) atoms. The Morgan fingerprint density at radius 3 is 2.00 bits per heavy atom. The number of likely N-dealkylation sites (tertiary alicyclic amines) is 2. The second-order valence-corrected chi connectivity index (χ2v) is 13.5. The van der Waals surface area contributed by atoms with Gasteiger partial charge in [-0.05, 0) is 85.7 Å². The van der Waals surface area contributed by atoms with E-state index in [9.17, 15) is 24.0 Å². The summed E-state index contributed by atoms with van der Waals surface area (Å²) >= 11 is 0. The van der Waals surface area contributed by atoms with Gasteiger partial charge in [0, 0.05) is 36.8 Å². The molecule has 1 aromatic heterocycles. The highest BCUT2D eigenvalue weighted by molar-refractivity contribution is 5.95. The molecule has 6 rings (SSSR count). The first-order valence-corrected chi connectivity index (χ1v) is 17.8. The molecule has 3 aromatic carbocycles. The van der Waals surface area contributed by atoms with Crippen LogP contribution in [0, 0.1) is 0 Å². The molecular weight excluding hydrogens is 678 g/mol. The Morgan fingerprint density at radius 1 is 0.774 bits per heavy atom. The average molecular weight is 724 g/mol. The maximum atomic E-state index is 13.1. The van der Waals surface area contributed by atoms with Crippen LogP contribution < -0.4 is 16.0 Å². The molecule has 14 heteroatoms. The summed E-state index contributed by atoms with van der Waals surface area (Å²) in [7, 11) is 2.51. The van der Waals surface area contributed by atoms with E-state index in [1.54, 1.807) is 42.0 Å². The number of alkyl carbamates (subject to hydrolysis) is 2. The van der Waals surface area contributed by atoms with Gasteiger partial charge in [0.1, 0.15) is 17.9 Å². The van der Waals surface area contributed by atoms with Crippen LogP contribution in [-0.2, 0) is 19.1 Å². The van der Waals surface area contributed by atoms with E-state index in [-0.39, 0.29) is 29.8 Å². The minimum atomic E-state index is -0.726. The van der Waals surface area contributed by atoms with Crippen LogP contribution in [0.15, 0.2) is 66.9 Å². The van der Waals surface area contributed by atoms with Crippen LogP contribution in [-0.4, -0.2) is 102 Å². The normalized spacial score (nSPS) is 18.0. The largest absolute Gasteiger partial charge is 0.453 e. The van der Waals surface area contributed by atoms with E-state index in [0.29, 0.717) is 31.0 Å². The second-order valence-electron chi connectivity index (χ2n) is 13.5. The number of benzene rings is 3. The lowest BCUT2D eigenvalue weighted by Gasteiger charge is -2.27. The number of aromatic amines is 1. The van der Waals surface area contributed by atoms with E-state index in [0.717, 1.165) is 58.8 Å². The summed E-state index contributed by atoms with van der Waals surface area (Å²) in [6.07, 6.45) is 3.68. The number of nitrogens with zero attached hydrogens (tertiary/aromatic N) is 3. The summed E-state index contributed by atoms with van der Waals surface area (Å²) in [5, 5.41) is 10.1. The number of carbonyl (C=O) groups is 5. The van der Waals surface area contributed by atoms with Crippen molar-refractivity contribution in [3.05, 3.63) is 78.2 Å². The van der Waals surface area contributed by atoms with Gasteiger partial charge in [-0.2, -0.15) is 0 Å². The summed E-state index contributed by atoms with van der Waals surface area (Å²) in [5.74, 6) is 0.0993.